The average molecular weight is 213 g/mol. The highest BCUT2D eigenvalue weighted by atomic mass is 16.6. The van der Waals surface area contributed by atoms with Gasteiger partial charge in [-0.1, -0.05) is 13.8 Å². The summed E-state index contributed by atoms with van der Waals surface area (Å²) in [5, 5.41) is 0. The van der Waals surface area contributed by atoms with E-state index in [0.717, 1.165) is 19.5 Å². The van der Waals surface area contributed by atoms with Crippen molar-refractivity contribution in [2.45, 2.75) is 53.1 Å². The molecule has 1 saturated heterocycles. The molecule has 1 aliphatic heterocycles. The molecule has 1 fully saturated rings. The number of carbonyl (C=O) groups is 1. The molecule has 0 atom stereocenters. The highest BCUT2D eigenvalue weighted by Gasteiger charge is 2.31. The Morgan fingerprint density at radius 1 is 1.33 bits per heavy atom. The molecule has 0 radical (unpaired) electrons. The van der Waals surface area contributed by atoms with Gasteiger partial charge in [-0.05, 0) is 39.0 Å². The maximum absolute atomic E-state index is 11.8. The minimum atomic E-state index is -0.390. The third-order valence-corrected chi connectivity index (χ3v) is 2.55. The molecule has 0 unspecified atom stereocenters. The molecule has 88 valence electrons. The van der Waals surface area contributed by atoms with Gasteiger partial charge in [-0.15, -0.1) is 0 Å². The maximum Gasteiger partial charge on any atom is 0.410 e. The van der Waals surface area contributed by atoms with Gasteiger partial charge in [0.25, 0.3) is 0 Å². The average Bonchev–Trinajstić information content (AvgIpc) is 1.99. The summed E-state index contributed by atoms with van der Waals surface area (Å²) in [6.45, 7) is 11.7. The summed E-state index contributed by atoms with van der Waals surface area (Å²) < 4.78 is 5.36. The van der Waals surface area contributed by atoms with Crippen molar-refractivity contribution < 1.29 is 9.53 Å². The van der Waals surface area contributed by atoms with Crippen molar-refractivity contribution in [3.05, 3.63) is 0 Å². The summed E-state index contributed by atoms with van der Waals surface area (Å²) >= 11 is 0. The number of hydrogen-bond acceptors (Lipinski definition) is 2. The molecule has 0 aromatic rings. The van der Waals surface area contributed by atoms with Crippen molar-refractivity contribution in [3.63, 3.8) is 0 Å². The molecule has 0 bridgehead atoms. The van der Waals surface area contributed by atoms with Crippen LogP contribution in [0.15, 0.2) is 0 Å². The fourth-order valence-electron chi connectivity index (χ4n) is 1.91. The molecule has 3 nitrogen and oxygen atoms in total. The Balaban J connectivity index is 2.53. The minimum Gasteiger partial charge on any atom is -0.444 e. The van der Waals surface area contributed by atoms with Gasteiger partial charge in [0.2, 0.25) is 0 Å². The standard InChI is InChI=1S/C12H23NO2/c1-11(2,3)15-10(14)13-8-6-7-12(4,5)9-13/h6-9H2,1-5H3. The molecule has 0 spiro atoms. The summed E-state index contributed by atoms with van der Waals surface area (Å²) in [6.07, 6.45) is 2.09. The monoisotopic (exact) mass is 213 g/mol. The van der Waals surface area contributed by atoms with E-state index in [1.807, 2.05) is 25.7 Å². The largest absolute Gasteiger partial charge is 0.444 e. The predicted octanol–water partition coefficient (Wildman–Crippen LogP) is 3.04. The molecule has 1 amide bonds. The van der Waals surface area contributed by atoms with Gasteiger partial charge >= 0.3 is 6.09 Å². The number of hydrogen-bond donors (Lipinski definition) is 0. The number of rotatable bonds is 0. The lowest BCUT2D eigenvalue weighted by Crippen LogP contribution is -2.45. The molecule has 0 saturated carbocycles. The van der Waals surface area contributed by atoms with Crippen molar-refractivity contribution in [1.29, 1.82) is 0 Å². The quantitative estimate of drug-likeness (QED) is 0.619. The highest BCUT2D eigenvalue weighted by Crippen LogP contribution is 2.29. The van der Waals surface area contributed by atoms with Crippen LogP contribution < -0.4 is 0 Å². The third kappa shape index (κ3) is 4.10. The first kappa shape index (κ1) is 12.3. The number of ether oxygens (including phenoxy) is 1. The maximum atomic E-state index is 11.8. The summed E-state index contributed by atoms with van der Waals surface area (Å²) in [5.74, 6) is 0. The molecular formula is C12H23NO2. The van der Waals surface area contributed by atoms with Crippen LogP contribution in [0.3, 0.4) is 0 Å². The second kappa shape index (κ2) is 4.03. The lowest BCUT2D eigenvalue weighted by molar-refractivity contribution is 0.00902. The predicted molar refractivity (Wildman–Crippen MR) is 60.8 cm³/mol. The number of nitrogens with zero attached hydrogens (tertiary/aromatic N) is 1. The van der Waals surface area contributed by atoms with E-state index >= 15 is 0 Å². The van der Waals surface area contributed by atoms with Crippen molar-refractivity contribution in [3.8, 4) is 0 Å². The molecule has 0 aromatic heterocycles. The van der Waals surface area contributed by atoms with Crippen LogP contribution in [0.5, 0.6) is 0 Å². The number of piperidine rings is 1. The van der Waals surface area contributed by atoms with Crippen LogP contribution in [-0.2, 0) is 4.74 Å². The van der Waals surface area contributed by atoms with E-state index in [9.17, 15) is 4.79 Å². The van der Waals surface area contributed by atoms with Gasteiger partial charge in [0, 0.05) is 13.1 Å². The topological polar surface area (TPSA) is 29.5 Å². The van der Waals surface area contributed by atoms with Crippen LogP contribution in [0.4, 0.5) is 4.79 Å². The molecule has 1 aliphatic rings. The molecule has 0 aromatic carbocycles. The van der Waals surface area contributed by atoms with Gasteiger partial charge in [-0.3, -0.25) is 0 Å². The number of amides is 1. The van der Waals surface area contributed by atoms with Crippen molar-refractivity contribution >= 4 is 6.09 Å². The Morgan fingerprint density at radius 2 is 1.93 bits per heavy atom. The molecule has 15 heavy (non-hydrogen) atoms. The summed E-state index contributed by atoms with van der Waals surface area (Å²) in [7, 11) is 0. The van der Waals surface area contributed by atoms with Crippen molar-refractivity contribution in [2.24, 2.45) is 5.41 Å². The van der Waals surface area contributed by atoms with E-state index in [4.69, 9.17) is 4.74 Å². The number of carbonyl (C=O) groups excluding carboxylic acids is 1. The van der Waals surface area contributed by atoms with Gasteiger partial charge in [-0.25, -0.2) is 4.79 Å². The third-order valence-electron chi connectivity index (χ3n) is 2.55. The van der Waals surface area contributed by atoms with Crippen LogP contribution in [-0.4, -0.2) is 29.7 Å². The van der Waals surface area contributed by atoms with Crippen molar-refractivity contribution in [2.75, 3.05) is 13.1 Å². The van der Waals surface area contributed by atoms with E-state index in [0.29, 0.717) is 0 Å². The molecule has 0 N–H and O–H groups in total. The zero-order chi connectivity index (χ0) is 11.7. The SMILES string of the molecule is CC1(C)CCCN(C(=O)OC(C)(C)C)C1. The molecule has 0 aliphatic carbocycles. The van der Waals surface area contributed by atoms with Crippen LogP contribution in [0.1, 0.15) is 47.5 Å². The van der Waals surface area contributed by atoms with Crippen molar-refractivity contribution in [1.82, 2.24) is 4.90 Å². The zero-order valence-corrected chi connectivity index (χ0v) is 10.6. The first-order valence-electron chi connectivity index (χ1n) is 5.68. The Labute approximate surface area is 92.8 Å². The Kier molecular flexibility index (Phi) is 3.31. The Bertz CT molecular complexity index is 240. The fourth-order valence-corrected chi connectivity index (χ4v) is 1.91. The van der Waals surface area contributed by atoms with Crippen LogP contribution >= 0.6 is 0 Å². The van der Waals surface area contributed by atoms with E-state index in [1.165, 1.54) is 6.42 Å². The molecule has 1 rings (SSSR count). The van der Waals surface area contributed by atoms with Gasteiger partial charge in [0.1, 0.15) is 5.60 Å². The van der Waals surface area contributed by atoms with Gasteiger partial charge in [-0.2, -0.15) is 0 Å². The molecule has 1 heterocycles. The zero-order valence-electron chi connectivity index (χ0n) is 10.6. The lowest BCUT2D eigenvalue weighted by atomic mass is 9.84. The Hall–Kier alpha value is -0.730. The van der Waals surface area contributed by atoms with Crippen LogP contribution in [0.2, 0.25) is 0 Å². The highest BCUT2D eigenvalue weighted by molar-refractivity contribution is 5.68. The summed E-state index contributed by atoms with van der Waals surface area (Å²) in [5.41, 5.74) is -0.159. The molecular weight excluding hydrogens is 190 g/mol. The van der Waals surface area contributed by atoms with E-state index in [2.05, 4.69) is 13.8 Å². The first-order chi connectivity index (χ1) is 6.70. The minimum absolute atomic E-state index is 0.171. The summed E-state index contributed by atoms with van der Waals surface area (Å²) in [4.78, 5) is 13.6. The van der Waals surface area contributed by atoms with E-state index in [1.54, 1.807) is 0 Å². The van der Waals surface area contributed by atoms with E-state index < -0.39 is 5.60 Å². The Morgan fingerprint density at radius 3 is 2.40 bits per heavy atom. The lowest BCUT2D eigenvalue weighted by Gasteiger charge is -2.38. The first-order valence-corrected chi connectivity index (χ1v) is 5.68. The van der Waals surface area contributed by atoms with Gasteiger partial charge < -0.3 is 9.64 Å². The smallest absolute Gasteiger partial charge is 0.410 e. The normalized spacial score (nSPS) is 21.3. The van der Waals surface area contributed by atoms with Crippen LogP contribution in [0.25, 0.3) is 0 Å². The second-order valence-electron chi connectivity index (χ2n) is 6.17. The van der Waals surface area contributed by atoms with Crippen LogP contribution in [0, 0.1) is 5.41 Å². The number of likely N-dealkylation sites (tertiary alicyclic amines) is 1. The second-order valence-corrected chi connectivity index (χ2v) is 6.17. The summed E-state index contributed by atoms with van der Waals surface area (Å²) in [6, 6.07) is 0. The fraction of sp³-hybridized carbons (Fsp3) is 0.917. The molecule has 3 heteroatoms. The van der Waals surface area contributed by atoms with E-state index in [-0.39, 0.29) is 11.5 Å². The van der Waals surface area contributed by atoms with Gasteiger partial charge in [0.05, 0.1) is 0 Å². The van der Waals surface area contributed by atoms with Gasteiger partial charge in [0.15, 0.2) is 0 Å².